The highest BCUT2D eigenvalue weighted by Gasteiger charge is 2.21. The van der Waals surface area contributed by atoms with E-state index in [1.807, 2.05) is 0 Å². The molecule has 1 aliphatic carbocycles. The molecular formula is C18H28N2O. The monoisotopic (exact) mass is 288 g/mol. The number of carbonyl (C=O) groups excluding carboxylic acids is 1. The lowest BCUT2D eigenvalue weighted by Gasteiger charge is -2.29. The Labute approximate surface area is 128 Å². The van der Waals surface area contributed by atoms with Crippen molar-refractivity contribution < 1.29 is 4.79 Å². The fraction of sp³-hybridized carbons (Fsp3) is 0.611. The second-order valence-electron chi connectivity index (χ2n) is 6.27. The first kappa shape index (κ1) is 16.0. The second-order valence-corrected chi connectivity index (χ2v) is 6.27. The fourth-order valence-corrected chi connectivity index (χ4v) is 3.11. The number of nitrogens with one attached hydrogen (secondary N) is 2. The molecule has 2 rings (SSSR count). The van der Waals surface area contributed by atoms with Crippen LogP contribution < -0.4 is 10.6 Å². The van der Waals surface area contributed by atoms with Gasteiger partial charge in [0.05, 0.1) is 6.42 Å². The van der Waals surface area contributed by atoms with Crippen molar-refractivity contribution in [3.63, 3.8) is 0 Å². The zero-order valence-electron chi connectivity index (χ0n) is 13.5. The van der Waals surface area contributed by atoms with Crippen LogP contribution in [0.1, 0.15) is 49.3 Å². The average molecular weight is 288 g/mol. The molecule has 0 heterocycles. The van der Waals surface area contributed by atoms with Crippen LogP contribution >= 0.6 is 0 Å². The molecule has 1 aliphatic rings. The first-order valence-electron chi connectivity index (χ1n) is 8.17. The highest BCUT2D eigenvalue weighted by molar-refractivity contribution is 5.78. The third-order valence-electron chi connectivity index (χ3n) is 4.52. The van der Waals surface area contributed by atoms with E-state index in [0.717, 1.165) is 24.9 Å². The summed E-state index contributed by atoms with van der Waals surface area (Å²) < 4.78 is 0. The van der Waals surface area contributed by atoms with Gasteiger partial charge in [0.2, 0.25) is 5.91 Å². The zero-order valence-corrected chi connectivity index (χ0v) is 13.5. The lowest BCUT2D eigenvalue weighted by Crippen LogP contribution is -2.42. The Kier molecular flexibility index (Phi) is 5.80. The minimum atomic E-state index is 0.158. The fourth-order valence-electron chi connectivity index (χ4n) is 3.11. The Bertz CT molecular complexity index is 476. The maximum absolute atomic E-state index is 12.2. The van der Waals surface area contributed by atoms with Crippen molar-refractivity contribution in [3.8, 4) is 0 Å². The van der Waals surface area contributed by atoms with Gasteiger partial charge in [-0.15, -0.1) is 0 Å². The van der Waals surface area contributed by atoms with Crippen molar-refractivity contribution in [2.75, 3.05) is 6.54 Å². The molecule has 1 fully saturated rings. The summed E-state index contributed by atoms with van der Waals surface area (Å²) in [5.74, 6) is 0.158. The Hall–Kier alpha value is -1.35. The predicted octanol–water partition coefficient (Wildman–Crippen LogP) is 2.88. The summed E-state index contributed by atoms with van der Waals surface area (Å²) in [6.45, 7) is 7.38. The van der Waals surface area contributed by atoms with Crippen molar-refractivity contribution in [2.45, 2.75) is 65.0 Å². The Morgan fingerprint density at radius 2 is 1.76 bits per heavy atom. The molecule has 1 saturated carbocycles. The van der Waals surface area contributed by atoms with Gasteiger partial charge in [-0.1, -0.05) is 25.1 Å². The molecule has 0 atom stereocenters. The number of carbonyl (C=O) groups is 1. The molecule has 21 heavy (non-hydrogen) atoms. The van der Waals surface area contributed by atoms with Crippen LogP contribution in [-0.2, 0) is 11.2 Å². The van der Waals surface area contributed by atoms with E-state index in [1.165, 1.54) is 24.0 Å². The number of rotatable bonds is 5. The zero-order chi connectivity index (χ0) is 15.2. The van der Waals surface area contributed by atoms with Crippen LogP contribution in [0, 0.1) is 13.8 Å². The molecule has 0 aliphatic heterocycles. The molecule has 0 bridgehead atoms. The molecule has 0 saturated heterocycles. The van der Waals surface area contributed by atoms with E-state index in [9.17, 15) is 4.79 Å². The van der Waals surface area contributed by atoms with Gasteiger partial charge in [-0.05, 0) is 62.8 Å². The van der Waals surface area contributed by atoms with Gasteiger partial charge in [0, 0.05) is 12.1 Å². The van der Waals surface area contributed by atoms with Crippen LogP contribution in [0.15, 0.2) is 18.2 Å². The van der Waals surface area contributed by atoms with E-state index in [4.69, 9.17) is 0 Å². The van der Waals surface area contributed by atoms with E-state index in [2.05, 4.69) is 49.6 Å². The topological polar surface area (TPSA) is 41.1 Å². The van der Waals surface area contributed by atoms with Gasteiger partial charge >= 0.3 is 0 Å². The minimum absolute atomic E-state index is 0.158. The van der Waals surface area contributed by atoms with E-state index >= 15 is 0 Å². The lowest BCUT2D eigenvalue weighted by molar-refractivity contribution is -0.121. The van der Waals surface area contributed by atoms with E-state index < -0.39 is 0 Å². The van der Waals surface area contributed by atoms with Gasteiger partial charge < -0.3 is 10.6 Å². The van der Waals surface area contributed by atoms with Crippen LogP contribution in [0.25, 0.3) is 0 Å². The summed E-state index contributed by atoms with van der Waals surface area (Å²) in [6.07, 6.45) is 5.02. The van der Waals surface area contributed by atoms with Crippen LogP contribution in [0.3, 0.4) is 0 Å². The molecule has 1 aromatic rings. The van der Waals surface area contributed by atoms with Gasteiger partial charge in [-0.3, -0.25) is 4.79 Å². The van der Waals surface area contributed by atoms with Gasteiger partial charge in [0.25, 0.3) is 0 Å². The van der Waals surface area contributed by atoms with E-state index in [1.54, 1.807) is 0 Å². The molecule has 0 aromatic heterocycles. The third-order valence-corrected chi connectivity index (χ3v) is 4.52. The third kappa shape index (κ3) is 4.85. The largest absolute Gasteiger partial charge is 0.353 e. The van der Waals surface area contributed by atoms with E-state index in [0.29, 0.717) is 18.5 Å². The molecule has 116 valence electrons. The Balaban J connectivity index is 1.78. The van der Waals surface area contributed by atoms with Crippen molar-refractivity contribution in [1.29, 1.82) is 0 Å². The predicted molar refractivity (Wildman–Crippen MR) is 87.5 cm³/mol. The Morgan fingerprint density at radius 1 is 1.10 bits per heavy atom. The van der Waals surface area contributed by atoms with Crippen molar-refractivity contribution in [3.05, 3.63) is 34.9 Å². The minimum Gasteiger partial charge on any atom is -0.353 e. The highest BCUT2D eigenvalue weighted by atomic mass is 16.1. The lowest BCUT2D eigenvalue weighted by atomic mass is 9.91. The SMILES string of the molecule is CCNC1CCC(NC(=O)Cc2ccc(C)c(C)c2)CC1. The molecule has 1 aromatic carbocycles. The molecule has 0 spiro atoms. The summed E-state index contributed by atoms with van der Waals surface area (Å²) in [4.78, 5) is 12.2. The summed E-state index contributed by atoms with van der Waals surface area (Å²) in [5, 5.41) is 6.69. The Morgan fingerprint density at radius 3 is 2.38 bits per heavy atom. The summed E-state index contributed by atoms with van der Waals surface area (Å²) in [6, 6.07) is 7.28. The van der Waals surface area contributed by atoms with E-state index in [-0.39, 0.29) is 5.91 Å². The van der Waals surface area contributed by atoms with Gasteiger partial charge in [0.15, 0.2) is 0 Å². The van der Waals surface area contributed by atoms with Crippen molar-refractivity contribution in [2.24, 2.45) is 0 Å². The molecule has 0 unspecified atom stereocenters. The maximum Gasteiger partial charge on any atom is 0.224 e. The number of aryl methyl sites for hydroxylation is 2. The van der Waals surface area contributed by atoms with Gasteiger partial charge in [-0.2, -0.15) is 0 Å². The van der Waals surface area contributed by atoms with Crippen molar-refractivity contribution in [1.82, 2.24) is 10.6 Å². The molecule has 2 N–H and O–H groups in total. The number of benzene rings is 1. The quantitative estimate of drug-likeness (QED) is 0.874. The molecule has 3 nitrogen and oxygen atoms in total. The molecule has 0 radical (unpaired) electrons. The summed E-state index contributed by atoms with van der Waals surface area (Å²) in [7, 11) is 0. The first-order chi connectivity index (χ1) is 10.1. The normalized spacial score (nSPS) is 22.0. The molecular weight excluding hydrogens is 260 g/mol. The molecule has 1 amide bonds. The van der Waals surface area contributed by atoms with Crippen LogP contribution in [0.4, 0.5) is 0 Å². The van der Waals surface area contributed by atoms with Crippen LogP contribution in [0.5, 0.6) is 0 Å². The second kappa shape index (κ2) is 7.60. The summed E-state index contributed by atoms with van der Waals surface area (Å²) in [5.41, 5.74) is 3.64. The maximum atomic E-state index is 12.2. The van der Waals surface area contributed by atoms with Gasteiger partial charge in [0.1, 0.15) is 0 Å². The average Bonchev–Trinajstić information content (AvgIpc) is 2.45. The van der Waals surface area contributed by atoms with Gasteiger partial charge in [-0.25, -0.2) is 0 Å². The summed E-state index contributed by atoms with van der Waals surface area (Å²) >= 11 is 0. The number of hydrogen-bond donors (Lipinski definition) is 2. The van der Waals surface area contributed by atoms with Crippen LogP contribution in [-0.4, -0.2) is 24.5 Å². The standard InChI is InChI=1S/C18H28N2O/c1-4-19-16-7-9-17(10-8-16)20-18(21)12-15-6-5-13(2)14(3)11-15/h5-6,11,16-17,19H,4,7-10,12H2,1-3H3,(H,20,21). The van der Waals surface area contributed by atoms with Crippen LogP contribution in [0.2, 0.25) is 0 Å². The smallest absolute Gasteiger partial charge is 0.224 e. The van der Waals surface area contributed by atoms with Crippen molar-refractivity contribution >= 4 is 5.91 Å². The number of amides is 1. The highest BCUT2D eigenvalue weighted by Crippen LogP contribution is 2.19. The number of hydrogen-bond acceptors (Lipinski definition) is 2. The first-order valence-corrected chi connectivity index (χ1v) is 8.17. The molecule has 3 heteroatoms.